The Morgan fingerprint density at radius 2 is 1.14 bits per heavy atom. The zero-order valence-corrected chi connectivity index (χ0v) is 15.0. The van der Waals surface area contributed by atoms with Gasteiger partial charge in [-0.15, -0.1) is 0 Å². The molecule has 0 unspecified atom stereocenters. The Balaban J connectivity index is 2.99. The van der Waals surface area contributed by atoms with Gasteiger partial charge in [0.05, 0.1) is 6.61 Å². The Hall–Kier alpha value is -0.370. The first-order valence-corrected chi connectivity index (χ1v) is 9.51. The van der Waals surface area contributed by atoms with Gasteiger partial charge in [0.25, 0.3) is 0 Å². The van der Waals surface area contributed by atoms with Crippen molar-refractivity contribution in [3.05, 3.63) is 12.7 Å². The fourth-order valence-corrected chi connectivity index (χ4v) is 2.61. The molecule has 0 heterocycles. The van der Waals surface area contributed by atoms with Gasteiger partial charge < -0.3 is 4.74 Å². The van der Waals surface area contributed by atoms with Crippen LogP contribution in [-0.4, -0.2) is 11.7 Å². The molecule has 0 amide bonds. The van der Waals surface area contributed by atoms with Crippen molar-refractivity contribution in [1.82, 2.24) is 0 Å². The molecule has 0 aromatic heterocycles. The molecule has 0 N–H and O–H groups in total. The molecule has 0 aliphatic heterocycles. The highest BCUT2D eigenvalue weighted by Gasteiger charge is 1.95. The molecule has 0 bridgehead atoms. The van der Waals surface area contributed by atoms with Crippen LogP contribution in [0.25, 0.3) is 0 Å². The highest BCUT2D eigenvalue weighted by molar-refractivity contribution is 7.80. The Kier molecular flexibility index (Phi) is 17.4. The molecular weight excluding hydrogens is 276 g/mol. The van der Waals surface area contributed by atoms with Crippen molar-refractivity contribution < 1.29 is 4.74 Å². The number of rotatable bonds is 16. The summed E-state index contributed by atoms with van der Waals surface area (Å²) in [6, 6.07) is 0. The normalized spacial score (nSPS) is 10.5. The van der Waals surface area contributed by atoms with Crippen LogP contribution in [0.15, 0.2) is 12.7 Å². The molecule has 0 radical (unpaired) electrons. The van der Waals surface area contributed by atoms with E-state index in [9.17, 15) is 0 Å². The summed E-state index contributed by atoms with van der Waals surface area (Å²) >= 11 is 4.91. The van der Waals surface area contributed by atoms with Crippen molar-refractivity contribution in [1.29, 1.82) is 0 Å². The minimum atomic E-state index is 0.532. The van der Waals surface area contributed by atoms with E-state index in [1.165, 1.54) is 83.5 Å². The molecule has 0 atom stereocenters. The maximum Gasteiger partial charge on any atom is 0.183 e. The monoisotopic (exact) mass is 312 g/mol. The van der Waals surface area contributed by atoms with E-state index in [-0.39, 0.29) is 0 Å². The summed E-state index contributed by atoms with van der Waals surface area (Å²) in [4.78, 5) is 0. The van der Waals surface area contributed by atoms with Gasteiger partial charge in [0.1, 0.15) is 0 Å². The Morgan fingerprint density at radius 3 is 1.52 bits per heavy atom. The summed E-state index contributed by atoms with van der Waals surface area (Å²) < 4.78 is 5.31. The summed E-state index contributed by atoms with van der Waals surface area (Å²) in [7, 11) is 0. The van der Waals surface area contributed by atoms with Gasteiger partial charge in [0.15, 0.2) is 5.05 Å². The van der Waals surface area contributed by atoms with Crippen LogP contribution in [0, 0.1) is 0 Å². The summed E-state index contributed by atoms with van der Waals surface area (Å²) in [5.41, 5.74) is 0. The Labute approximate surface area is 138 Å². The lowest BCUT2D eigenvalue weighted by Gasteiger charge is -2.04. The smallest absolute Gasteiger partial charge is 0.183 e. The molecule has 0 aliphatic rings. The fraction of sp³-hybridized carbons (Fsp3) is 0.842. The van der Waals surface area contributed by atoms with Crippen LogP contribution in [0.4, 0.5) is 0 Å². The van der Waals surface area contributed by atoms with Crippen LogP contribution in [-0.2, 0) is 4.74 Å². The third kappa shape index (κ3) is 17.6. The quantitative estimate of drug-likeness (QED) is 0.172. The number of hydrogen-bond donors (Lipinski definition) is 0. The molecule has 0 fully saturated rings. The van der Waals surface area contributed by atoms with Gasteiger partial charge in [-0.05, 0) is 24.7 Å². The summed E-state index contributed by atoms with van der Waals surface area (Å²) in [5.74, 6) is 0. The highest BCUT2D eigenvalue weighted by Crippen LogP contribution is 2.12. The molecule has 2 heteroatoms. The van der Waals surface area contributed by atoms with E-state index < -0.39 is 0 Å². The van der Waals surface area contributed by atoms with Gasteiger partial charge in [-0.25, -0.2) is 0 Å². The first kappa shape index (κ1) is 20.6. The second kappa shape index (κ2) is 17.7. The van der Waals surface area contributed by atoms with Crippen LogP contribution < -0.4 is 0 Å². The van der Waals surface area contributed by atoms with Gasteiger partial charge in [-0.3, -0.25) is 0 Å². The predicted octanol–water partition coefficient (Wildman–Crippen LogP) is 7.00. The SMILES string of the molecule is C=CC(=S)OCCCCCCCCCCCCCCCC. The molecule has 0 saturated carbocycles. The zero-order valence-electron chi connectivity index (χ0n) is 14.2. The van der Waals surface area contributed by atoms with Crippen LogP contribution in [0.1, 0.15) is 96.8 Å². The lowest BCUT2D eigenvalue weighted by Crippen LogP contribution is -1.99. The second-order valence-corrected chi connectivity index (χ2v) is 6.37. The van der Waals surface area contributed by atoms with Crippen molar-refractivity contribution in [2.75, 3.05) is 6.61 Å². The highest BCUT2D eigenvalue weighted by atomic mass is 32.1. The fourth-order valence-electron chi connectivity index (χ4n) is 2.53. The van der Waals surface area contributed by atoms with Crippen molar-refractivity contribution in [3.63, 3.8) is 0 Å². The molecule has 1 nitrogen and oxygen atoms in total. The predicted molar refractivity (Wildman–Crippen MR) is 99.1 cm³/mol. The van der Waals surface area contributed by atoms with E-state index >= 15 is 0 Å². The lowest BCUT2D eigenvalue weighted by molar-refractivity contribution is 0.302. The molecule has 0 spiro atoms. The van der Waals surface area contributed by atoms with Gasteiger partial charge in [-0.2, -0.15) is 0 Å². The minimum absolute atomic E-state index is 0.532. The average molecular weight is 313 g/mol. The van der Waals surface area contributed by atoms with E-state index in [1.54, 1.807) is 6.08 Å². The lowest BCUT2D eigenvalue weighted by atomic mass is 10.0. The van der Waals surface area contributed by atoms with E-state index in [1.807, 2.05) is 0 Å². The average Bonchev–Trinajstić information content (AvgIpc) is 2.50. The number of unbranched alkanes of at least 4 members (excludes halogenated alkanes) is 13. The number of hydrogen-bond acceptors (Lipinski definition) is 2. The number of thiocarbonyl (C=S) groups is 1. The molecule has 0 aromatic rings. The third-order valence-corrected chi connectivity index (χ3v) is 4.19. The zero-order chi connectivity index (χ0) is 15.6. The molecule has 21 heavy (non-hydrogen) atoms. The topological polar surface area (TPSA) is 9.23 Å². The first-order valence-electron chi connectivity index (χ1n) is 9.10. The van der Waals surface area contributed by atoms with E-state index in [0.717, 1.165) is 13.0 Å². The summed E-state index contributed by atoms with van der Waals surface area (Å²) in [5, 5.41) is 0.532. The van der Waals surface area contributed by atoms with E-state index in [4.69, 9.17) is 17.0 Å². The molecular formula is C19H36OS. The van der Waals surface area contributed by atoms with Crippen molar-refractivity contribution in [3.8, 4) is 0 Å². The van der Waals surface area contributed by atoms with Gasteiger partial charge in [0.2, 0.25) is 0 Å². The minimum Gasteiger partial charge on any atom is -0.483 e. The summed E-state index contributed by atoms with van der Waals surface area (Å²) in [6.07, 6.45) is 21.0. The van der Waals surface area contributed by atoms with E-state index in [0.29, 0.717) is 5.05 Å². The largest absolute Gasteiger partial charge is 0.483 e. The number of ether oxygens (including phenoxy) is 1. The van der Waals surface area contributed by atoms with E-state index in [2.05, 4.69) is 13.5 Å². The maximum absolute atomic E-state index is 5.31. The van der Waals surface area contributed by atoms with Crippen molar-refractivity contribution >= 4 is 17.3 Å². The molecule has 0 aliphatic carbocycles. The Morgan fingerprint density at radius 1 is 0.762 bits per heavy atom. The van der Waals surface area contributed by atoms with Gasteiger partial charge >= 0.3 is 0 Å². The van der Waals surface area contributed by atoms with Crippen LogP contribution in [0.5, 0.6) is 0 Å². The Bertz CT molecular complexity index is 238. The van der Waals surface area contributed by atoms with Crippen molar-refractivity contribution in [2.45, 2.75) is 96.8 Å². The van der Waals surface area contributed by atoms with Crippen LogP contribution >= 0.6 is 12.2 Å². The molecule has 124 valence electrons. The van der Waals surface area contributed by atoms with Crippen LogP contribution in [0.2, 0.25) is 0 Å². The molecule has 0 rings (SSSR count). The standard InChI is InChI=1S/C19H36OS/c1-3-5-6-7-8-9-10-11-12-13-14-15-16-17-18-20-19(21)4-2/h4H,2-3,5-18H2,1H3. The molecule has 0 aromatic carbocycles. The molecule has 0 saturated heterocycles. The summed E-state index contributed by atoms with van der Waals surface area (Å²) in [6.45, 7) is 6.62. The van der Waals surface area contributed by atoms with Crippen molar-refractivity contribution in [2.24, 2.45) is 0 Å². The van der Waals surface area contributed by atoms with Crippen LogP contribution in [0.3, 0.4) is 0 Å². The second-order valence-electron chi connectivity index (χ2n) is 5.97. The van der Waals surface area contributed by atoms with Gasteiger partial charge in [0, 0.05) is 0 Å². The first-order chi connectivity index (χ1) is 10.3. The maximum atomic E-state index is 5.31. The third-order valence-electron chi connectivity index (χ3n) is 3.91. The van der Waals surface area contributed by atoms with Gasteiger partial charge in [-0.1, -0.05) is 97.0 Å².